The molecular formula is C24H23ClFN5O. The number of hydrogen-bond donors (Lipinski definition) is 2. The van der Waals surface area contributed by atoms with Crippen molar-refractivity contribution in [1.29, 1.82) is 0 Å². The van der Waals surface area contributed by atoms with E-state index in [-0.39, 0.29) is 5.82 Å². The highest BCUT2D eigenvalue weighted by Gasteiger charge is 2.25. The lowest BCUT2D eigenvalue weighted by atomic mass is 10.0. The number of H-pyrrole nitrogens is 1. The van der Waals surface area contributed by atoms with Crippen molar-refractivity contribution in [2.24, 2.45) is 0 Å². The lowest BCUT2D eigenvalue weighted by molar-refractivity contribution is 0.415. The van der Waals surface area contributed by atoms with E-state index in [0.29, 0.717) is 16.4 Å². The Kier molecular flexibility index (Phi) is 5.45. The molecule has 3 heterocycles. The lowest BCUT2D eigenvalue weighted by Gasteiger charge is -2.32. The van der Waals surface area contributed by atoms with Crippen LogP contribution < -0.4 is 15.0 Å². The third-order valence-corrected chi connectivity index (χ3v) is 6.18. The molecule has 5 rings (SSSR count). The van der Waals surface area contributed by atoms with E-state index >= 15 is 0 Å². The first-order valence-electron chi connectivity index (χ1n) is 10.5. The molecule has 0 atom stereocenters. The number of methoxy groups -OCH3 is 1. The van der Waals surface area contributed by atoms with E-state index in [0.717, 1.165) is 65.2 Å². The predicted octanol–water partition coefficient (Wildman–Crippen LogP) is 4.81. The summed E-state index contributed by atoms with van der Waals surface area (Å²) in [4.78, 5) is 5.67. The molecule has 0 amide bonds. The number of nitrogens with one attached hydrogen (secondary N) is 2. The molecular weight excluding hydrogens is 429 g/mol. The van der Waals surface area contributed by atoms with E-state index in [4.69, 9.17) is 16.3 Å². The molecule has 8 heteroatoms. The van der Waals surface area contributed by atoms with Gasteiger partial charge in [-0.05, 0) is 42.3 Å². The highest BCUT2D eigenvalue weighted by Crippen LogP contribution is 2.42. The van der Waals surface area contributed by atoms with Gasteiger partial charge in [-0.15, -0.1) is 5.10 Å². The normalized spacial score (nSPS) is 14.2. The Hall–Kier alpha value is -3.16. The number of aryl methyl sites for hydroxylation is 1. The summed E-state index contributed by atoms with van der Waals surface area (Å²) < 4.78 is 19.6. The average Bonchev–Trinajstić information content (AvgIpc) is 3.14. The Morgan fingerprint density at radius 2 is 1.94 bits per heavy atom. The minimum atomic E-state index is -0.277. The van der Waals surface area contributed by atoms with Gasteiger partial charge in [-0.25, -0.2) is 4.39 Å². The van der Waals surface area contributed by atoms with Crippen molar-refractivity contribution >= 4 is 28.2 Å². The zero-order valence-electron chi connectivity index (χ0n) is 17.9. The first kappa shape index (κ1) is 20.7. The number of fused-ring (bicyclic) bond motifs is 1. The molecule has 0 saturated carbocycles. The standard InChI is InChI=1S/C24H23ClFN5O/c1-14-9-15(11-16(26)10-14)19-13-28-30-23(24(19)31-7-5-27-6-8-31)22-21(25)18-4-3-17(32-2)12-20(18)29-22/h3-4,9-13,27,29H,5-8H2,1-2H3. The van der Waals surface area contributed by atoms with Gasteiger partial charge in [-0.3, -0.25) is 0 Å². The Morgan fingerprint density at radius 1 is 1.12 bits per heavy atom. The maximum absolute atomic E-state index is 14.3. The first-order chi connectivity index (χ1) is 15.5. The minimum absolute atomic E-state index is 0.277. The van der Waals surface area contributed by atoms with Crippen LogP contribution in [0.15, 0.2) is 42.6 Å². The topological polar surface area (TPSA) is 66.1 Å². The number of ether oxygens (including phenoxy) is 1. The minimum Gasteiger partial charge on any atom is -0.497 e. The van der Waals surface area contributed by atoms with Crippen LogP contribution in [0, 0.1) is 12.7 Å². The van der Waals surface area contributed by atoms with Gasteiger partial charge in [0.2, 0.25) is 0 Å². The smallest absolute Gasteiger partial charge is 0.135 e. The SMILES string of the molecule is COc1ccc2c(Cl)c(-c3nncc(-c4cc(C)cc(F)c4)c3N3CCNCC3)[nH]c2c1. The second-order valence-electron chi connectivity index (χ2n) is 7.94. The van der Waals surface area contributed by atoms with Gasteiger partial charge in [0.1, 0.15) is 17.3 Å². The number of benzene rings is 2. The number of hydrogen-bond acceptors (Lipinski definition) is 5. The number of nitrogens with zero attached hydrogens (tertiary/aromatic N) is 3. The molecule has 0 bridgehead atoms. The summed E-state index contributed by atoms with van der Waals surface area (Å²) in [6.07, 6.45) is 1.70. The largest absolute Gasteiger partial charge is 0.497 e. The third-order valence-electron chi connectivity index (χ3n) is 5.79. The molecule has 2 aromatic heterocycles. The molecule has 0 spiro atoms. The molecule has 1 fully saturated rings. The first-order valence-corrected chi connectivity index (χ1v) is 10.9. The number of anilines is 1. The van der Waals surface area contributed by atoms with E-state index in [1.165, 1.54) is 12.1 Å². The highest BCUT2D eigenvalue weighted by atomic mass is 35.5. The predicted molar refractivity (Wildman–Crippen MR) is 126 cm³/mol. The number of aromatic amines is 1. The number of rotatable bonds is 4. The fourth-order valence-electron chi connectivity index (χ4n) is 4.29. The Morgan fingerprint density at radius 3 is 2.69 bits per heavy atom. The van der Waals surface area contributed by atoms with E-state index in [9.17, 15) is 4.39 Å². The molecule has 32 heavy (non-hydrogen) atoms. The summed E-state index contributed by atoms with van der Waals surface area (Å²) in [5.74, 6) is 0.458. The highest BCUT2D eigenvalue weighted by molar-refractivity contribution is 6.38. The molecule has 164 valence electrons. The van der Waals surface area contributed by atoms with Crippen LogP contribution in [0.4, 0.5) is 10.1 Å². The summed E-state index contributed by atoms with van der Waals surface area (Å²) in [6.45, 7) is 5.17. The van der Waals surface area contributed by atoms with E-state index in [1.54, 1.807) is 13.3 Å². The number of halogens is 2. The molecule has 1 aliphatic heterocycles. The molecule has 0 unspecified atom stereocenters. The van der Waals surface area contributed by atoms with Crippen molar-refractivity contribution in [1.82, 2.24) is 20.5 Å². The van der Waals surface area contributed by atoms with E-state index in [1.807, 2.05) is 31.2 Å². The molecule has 0 radical (unpaired) electrons. The molecule has 2 aromatic carbocycles. The molecule has 1 aliphatic rings. The molecule has 6 nitrogen and oxygen atoms in total. The van der Waals surface area contributed by atoms with Crippen molar-refractivity contribution in [2.75, 3.05) is 38.2 Å². The van der Waals surface area contributed by atoms with Crippen molar-refractivity contribution in [3.8, 4) is 28.3 Å². The quantitative estimate of drug-likeness (QED) is 0.466. The molecule has 0 aliphatic carbocycles. The molecule has 4 aromatic rings. The Balaban J connectivity index is 1.75. The molecule has 1 saturated heterocycles. The molecule has 2 N–H and O–H groups in total. The van der Waals surface area contributed by atoms with E-state index in [2.05, 4.69) is 25.4 Å². The lowest BCUT2D eigenvalue weighted by Crippen LogP contribution is -2.44. The third kappa shape index (κ3) is 3.67. The van der Waals surface area contributed by atoms with Gasteiger partial charge in [0.05, 0.1) is 35.2 Å². The van der Waals surface area contributed by atoms with Crippen LogP contribution in [-0.4, -0.2) is 48.5 Å². The zero-order chi connectivity index (χ0) is 22.2. The number of piperazine rings is 1. The van der Waals surface area contributed by atoms with Gasteiger partial charge >= 0.3 is 0 Å². The van der Waals surface area contributed by atoms with Gasteiger partial charge in [0, 0.05) is 43.2 Å². The van der Waals surface area contributed by atoms with Crippen LogP contribution in [0.3, 0.4) is 0 Å². The van der Waals surface area contributed by atoms with Crippen molar-refractivity contribution in [2.45, 2.75) is 6.92 Å². The van der Waals surface area contributed by atoms with Crippen LogP contribution in [0.1, 0.15) is 5.56 Å². The van der Waals surface area contributed by atoms with Crippen LogP contribution in [0.2, 0.25) is 5.02 Å². The average molecular weight is 452 g/mol. The monoisotopic (exact) mass is 451 g/mol. The van der Waals surface area contributed by atoms with Gasteiger partial charge < -0.3 is 19.9 Å². The fraction of sp³-hybridized carbons (Fsp3) is 0.250. The number of aromatic nitrogens is 3. The fourth-order valence-corrected chi connectivity index (χ4v) is 4.59. The maximum Gasteiger partial charge on any atom is 0.135 e. The van der Waals surface area contributed by atoms with Crippen LogP contribution in [-0.2, 0) is 0 Å². The van der Waals surface area contributed by atoms with Crippen LogP contribution in [0.5, 0.6) is 5.75 Å². The van der Waals surface area contributed by atoms with Crippen molar-refractivity contribution in [3.05, 3.63) is 59.0 Å². The Labute approximate surface area is 190 Å². The van der Waals surface area contributed by atoms with Gasteiger partial charge in [-0.2, -0.15) is 5.10 Å². The summed E-state index contributed by atoms with van der Waals surface area (Å²) >= 11 is 6.82. The van der Waals surface area contributed by atoms with Crippen LogP contribution in [0.25, 0.3) is 33.4 Å². The zero-order valence-corrected chi connectivity index (χ0v) is 18.6. The summed E-state index contributed by atoms with van der Waals surface area (Å²) in [5, 5.41) is 13.6. The summed E-state index contributed by atoms with van der Waals surface area (Å²) in [7, 11) is 1.63. The van der Waals surface area contributed by atoms with Crippen molar-refractivity contribution < 1.29 is 9.13 Å². The van der Waals surface area contributed by atoms with Crippen molar-refractivity contribution in [3.63, 3.8) is 0 Å². The van der Waals surface area contributed by atoms with Gasteiger partial charge in [0.15, 0.2) is 0 Å². The second kappa shape index (κ2) is 8.41. The van der Waals surface area contributed by atoms with Gasteiger partial charge in [0.25, 0.3) is 0 Å². The van der Waals surface area contributed by atoms with Gasteiger partial charge in [-0.1, -0.05) is 17.7 Å². The van der Waals surface area contributed by atoms with Crippen LogP contribution >= 0.6 is 11.6 Å². The Bertz CT molecular complexity index is 1280. The summed E-state index contributed by atoms with van der Waals surface area (Å²) in [6, 6.07) is 10.7. The summed E-state index contributed by atoms with van der Waals surface area (Å²) in [5.41, 5.74) is 5.52. The van der Waals surface area contributed by atoms with E-state index < -0.39 is 0 Å². The second-order valence-corrected chi connectivity index (χ2v) is 8.31. The maximum atomic E-state index is 14.3.